The lowest BCUT2D eigenvalue weighted by atomic mass is 10.3. The number of nitrogens with zero attached hydrogens (tertiary/aromatic N) is 2. The van der Waals surface area contributed by atoms with Crippen molar-refractivity contribution in [3.8, 4) is 5.75 Å². The molecule has 3 aromatic rings. The Bertz CT molecular complexity index is 819. The first-order valence-electron chi connectivity index (χ1n) is 7.42. The molecule has 2 aromatic carbocycles. The maximum Gasteiger partial charge on any atom is 0.229 e. The highest BCUT2D eigenvalue weighted by atomic mass is 19.1. The second-order valence-corrected chi connectivity index (χ2v) is 5.20. The quantitative estimate of drug-likeness (QED) is 0.727. The monoisotopic (exact) mass is 324 g/mol. The molecule has 0 saturated heterocycles. The Morgan fingerprint density at radius 3 is 2.17 bits per heavy atom. The molecule has 122 valence electrons. The summed E-state index contributed by atoms with van der Waals surface area (Å²) in [6, 6.07) is 15.4. The molecule has 5 nitrogen and oxygen atoms in total. The molecule has 0 aliphatic heterocycles. The Labute approximate surface area is 139 Å². The van der Waals surface area contributed by atoms with Crippen LogP contribution in [0.5, 0.6) is 5.75 Å². The lowest BCUT2D eigenvalue weighted by Crippen LogP contribution is -2.02. The van der Waals surface area contributed by atoms with Crippen LogP contribution in [0.15, 0.2) is 54.6 Å². The first-order chi connectivity index (χ1) is 11.6. The summed E-state index contributed by atoms with van der Waals surface area (Å²) in [5.74, 6) is 1.61. The van der Waals surface area contributed by atoms with Gasteiger partial charge >= 0.3 is 0 Å². The minimum absolute atomic E-state index is 0.285. The van der Waals surface area contributed by atoms with Gasteiger partial charge < -0.3 is 15.4 Å². The van der Waals surface area contributed by atoms with E-state index in [-0.39, 0.29) is 5.82 Å². The first-order valence-corrected chi connectivity index (χ1v) is 7.42. The van der Waals surface area contributed by atoms with Gasteiger partial charge in [0.05, 0.1) is 7.11 Å². The van der Waals surface area contributed by atoms with Gasteiger partial charge in [-0.05, 0) is 55.5 Å². The molecule has 1 aromatic heterocycles. The van der Waals surface area contributed by atoms with Gasteiger partial charge in [-0.25, -0.2) is 9.37 Å². The molecule has 0 atom stereocenters. The van der Waals surface area contributed by atoms with Gasteiger partial charge in [0.1, 0.15) is 17.4 Å². The number of benzene rings is 2. The van der Waals surface area contributed by atoms with Crippen molar-refractivity contribution in [2.24, 2.45) is 0 Å². The van der Waals surface area contributed by atoms with Crippen molar-refractivity contribution in [3.05, 3.63) is 66.1 Å². The lowest BCUT2D eigenvalue weighted by Gasteiger charge is -2.10. The number of halogens is 1. The predicted octanol–water partition coefficient (Wildman–Crippen LogP) is 4.42. The molecule has 24 heavy (non-hydrogen) atoms. The number of aryl methyl sites for hydroxylation is 1. The highest BCUT2D eigenvalue weighted by Crippen LogP contribution is 2.21. The van der Waals surface area contributed by atoms with Crippen LogP contribution in [0.1, 0.15) is 5.69 Å². The summed E-state index contributed by atoms with van der Waals surface area (Å²) in [6.45, 7) is 1.89. The fourth-order valence-electron chi connectivity index (χ4n) is 2.17. The fraction of sp³-hybridized carbons (Fsp3) is 0.111. The molecule has 0 radical (unpaired) electrons. The summed E-state index contributed by atoms with van der Waals surface area (Å²) in [5, 5.41) is 6.29. The van der Waals surface area contributed by atoms with Crippen LogP contribution in [-0.2, 0) is 0 Å². The maximum atomic E-state index is 13.0. The molecule has 3 rings (SSSR count). The number of methoxy groups -OCH3 is 1. The van der Waals surface area contributed by atoms with Gasteiger partial charge in [-0.2, -0.15) is 4.98 Å². The van der Waals surface area contributed by atoms with Crippen LogP contribution < -0.4 is 15.4 Å². The van der Waals surface area contributed by atoms with E-state index in [2.05, 4.69) is 20.6 Å². The van der Waals surface area contributed by atoms with Crippen molar-refractivity contribution in [1.82, 2.24) is 9.97 Å². The summed E-state index contributed by atoms with van der Waals surface area (Å²) < 4.78 is 18.1. The third kappa shape index (κ3) is 3.98. The average molecular weight is 324 g/mol. The molecule has 0 spiro atoms. The number of hydrogen-bond donors (Lipinski definition) is 2. The summed E-state index contributed by atoms with van der Waals surface area (Å²) >= 11 is 0. The molecular formula is C18H17FN4O. The summed E-state index contributed by atoms with van der Waals surface area (Å²) in [4.78, 5) is 8.78. The lowest BCUT2D eigenvalue weighted by molar-refractivity contribution is 0.415. The Balaban J connectivity index is 1.78. The van der Waals surface area contributed by atoms with E-state index in [0.717, 1.165) is 22.8 Å². The van der Waals surface area contributed by atoms with Crippen LogP contribution >= 0.6 is 0 Å². The van der Waals surface area contributed by atoms with Gasteiger partial charge in [-0.1, -0.05) is 0 Å². The molecular weight excluding hydrogens is 307 g/mol. The number of ether oxygens (including phenoxy) is 1. The summed E-state index contributed by atoms with van der Waals surface area (Å²) in [5.41, 5.74) is 2.42. The third-order valence-electron chi connectivity index (χ3n) is 3.32. The van der Waals surface area contributed by atoms with Crippen LogP contribution in [-0.4, -0.2) is 17.1 Å². The van der Waals surface area contributed by atoms with Gasteiger partial charge in [0.25, 0.3) is 0 Å². The Morgan fingerprint density at radius 2 is 1.50 bits per heavy atom. The standard InChI is InChI=1S/C18H17FN4O/c1-12-11-17(21-14-7-9-16(24-2)10-8-14)23-18(20-12)22-15-5-3-13(19)4-6-15/h3-11H,1-2H3,(H2,20,21,22,23). The van der Waals surface area contributed by atoms with Crippen molar-refractivity contribution in [1.29, 1.82) is 0 Å². The zero-order valence-electron chi connectivity index (χ0n) is 13.4. The van der Waals surface area contributed by atoms with E-state index < -0.39 is 0 Å². The molecule has 0 aliphatic carbocycles. The summed E-state index contributed by atoms with van der Waals surface area (Å²) in [7, 11) is 1.63. The highest BCUT2D eigenvalue weighted by molar-refractivity contribution is 5.60. The van der Waals surface area contributed by atoms with Crippen molar-refractivity contribution in [2.45, 2.75) is 6.92 Å². The van der Waals surface area contributed by atoms with Crippen LogP contribution in [0.2, 0.25) is 0 Å². The number of nitrogens with one attached hydrogen (secondary N) is 2. The largest absolute Gasteiger partial charge is 0.497 e. The molecule has 0 amide bonds. The third-order valence-corrected chi connectivity index (χ3v) is 3.32. The fourth-order valence-corrected chi connectivity index (χ4v) is 2.17. The Kier molecular flexibility index (Phi) is 4.56. The second-order valence-electron chi connectivity index (χ2n) is 5.20. The predicted molar refractivity (Wildman–Crippen MR) is 92.7 cm³/mol. The van der Waals surface area contributed by atoms with E-state index in [1.165, 1.54) is 12.1 Å². The average Bonchev–Trinajstić information content (AvgIpc) is 2.57. The van der Waals surface area contributed by atoms with E-state index in [9.17, 15) is 4.39 Å². The number of anilines is 4. The molecule has 2 N–H and O–H groups in total. The molecule has 0 unspecified atom stereocenters. The van der Waals surface area contributed by atoms with Crippen molar-refractivity contribution in [2.75, 3.05) is 17.7 Å². The van der Waals surface area contributed by atoms with Crippen molar-refractivity contribution >= 4 is 23.1 Å². The number of aromatic nitrogens is 2. The zero-order chi connectivity index (χ0) is 16.9. The zero-order valence-corrected chi connectivity index (χ0v) is 13.4. The molecule has 0 aliphatic rings. The van der Waals surface area contributed by atoms with Gasteiger partial charge in [-0.3, -0.25) is 0 Å². The number of hydrogen-bond acceptors (Lipinski definition) is 5. The van der Waals surface area contributed by atoms with Crippen LogP contribution in [0.3, 0.4) is 0 Å². The molecule has 1 heterocycles. The van der Waals surface area contributed by atoms with Crippen LogP contribution in [0, 0.1) is 12.7 Å². The van der Waals surface area contributed by atoms with Crippen molar-refractivity contribution in [3.63, 3.8) is 0 Å². The van der Waals surface area contributed by atoms with Crippen LogP contribution in [0.25, 0.3) is 0 Å². The minimum atomic E-state index is -0.285. The van der Waals surface area contributed by atoms with E-state index in [4.69, 9.17) is 4.74 Å². The smallest absolute Gasteiger partial charge is 0.229 e. The van der Waals surface area contributed by atoms with E-state index >= 15 is 0 Å². The molecule has 0 saturated carbocycles. The Hall–Kier alpha value is -3.15. The van der Waals surface area contributed by atoms with E-state index in [1.807, 2.05) is 37.3 Å². The summed E-state index contributed by atoms with van der Waals surface area (Å²) in [6.07, 6.45) is 0. The van der Waals surface area contributed by atoms with Crippen molar-refractivity contribution < 1.29 is 9.13 Å². The molecule has 0 fully saturated rings. The molecule has 0 bridgehead atoms. The van der Waals surface area contributed by atoms with E-state index in [1.54, 1.807) is 19.2 Å². The maximum absolute atomic E-state index is 13.0. The SMILES string of the molecule is COc1ccc(Nc2cc(C)nc(Nc3ccc(F)cc3)n2)cc1. The van der Waals surface area contributed by atoms with Gasteiger partial charge in [0.15, 0.2) is 0 Å². The van der Waals surface area contributed by atoms with E-state index in [0.29, 0.717) is 11.8 Å². The van der Waals surface area contributed by atoms with Gasteiger partial charge in [0, 0.05) is 23.1 Å². The second kappa shape index (κ2) is 6.95. The molecule has 6 heteroatoms. The normalized spacial score (nSPS) is 10.3. The first kappa shape index (κ1) is 15.7. The topological polar surface area (TPSA) is 59.1 Å². The van der Waals surface area contributed by atoms with Gasteiger partial charge in [0.2, 0.25) is 5.95 Å². The Morgan fingerprint density at radius 1 is 0.875 bits per heavy atom. The van der Waals surface area contributed by atoms with Crippen LogP contribution in [0.4, 0.5) is 27.5 Å². The highest BCUT2D eigenvalue weighted by Gasteiger charge is 2.04. The number of rotatable bonds is 5. The minimum Gasteiger partial charge on any atom is -0.497 e. The van der Waals surface area contributed by atoms with Gasteiger partial charge in [-0.15, -0.1) is 0 Å².